The van der Waals surface area contributed by atoms with Crippen LogP contribution in [-0.4, -0.2) is 33.5 Å². The largest absolute Gasteiger partial charge is 0.330 e. The van der Waals surface area contributed by atoms with Crippen LogP contribution < -0.4 is 16.7 Å². The van der Waals surface area contributed by atoms with Gasteiger partial charge in [-0.2, -0.15) is 11.8 Å². The van der Waals surface area contributed by atoms with Gasteiger partial charge in [-0.1, -0.05) is 0 Å². The number of H-pyrrole nitrogens is 1. The predicted octanol–water partition coefficient (Wildman–Crippen LogP) is 1.18. The van der Waals surface area contributed by atoms with Crippen LogP contribution in [0.15, 0.2) is 41.5 Å². The number of benzene rings is 1. The van der Waals surface area contributed by atoms with Gasteiger partial charge in [0, 0.05) is 18.1 Å². The van der Waals surface area contributed by atoms with Crippen LogP contribution in [-0.2, 0) is 4.79 Å². The fourth-order valence-corrected chi connectivity index (χ4v) is 2.33. The number of rotatable bonds is 6. The SMILES string of the molecule is CSCC[C@H](N)C(=O)Nc1ccc(-n2cc[nH]c2=O)cc1. The molecule has 0 fully saturated rings. The normalized spacial score (nSPS) is 12.1. The van der Waals surface area contributed by atoms with E-state index in [1.807, 2.05) is 6.26 Å². The summed E-state index contributed by atoms with van der Waals surface area (Å²) in [5, 5.41) is 2.77. The molecule has 0 bridgehead atoms. The van der Waals surface area contributed by atoms with Crippen molar-refractivity contribution in [1.29, 1.82) is 0 Å². The molecule has 21 heavy (non-hydrogen) atoms. The van der Waals surface area contributed by atoms with Gasteiger partial charge < -0.3 is 16.0 Å². The second kappa shape index (κ2) is 7.14. The minimum Gasteiger partial charge on any atom is -0.325 e. The second-order valence-corrected chi connectivity index (χ2v) is 5.54. The van der Waals surface area contributed by atoms with Gasteiger partial charge in [0.25, 0.3) is 0 Å². The van der Waals surface area contributed by atoms with Crippen molar-refractivity contribution in [3.8, 4) is 5.69 Å². The summed E-state index contributed by atoms with van der Waals surface area (Å²) in [6, 6.07) is 6.50. The van der Waals surface area contributed by atoms with Crippen molar-refractivity contribution >= 4 is 23.4 Å². The summed E-state index contributed by atoms with van der Waals surface area (Å²) in [7, 11) is 0. The van der Waals surface area contributed by atoms with E-state index in [0.717, 1.165) is 11.4 Å². The van der Waals surface area contributed by atoms with Gasteiger partial charge >= 0.3 is 5.69 Å². The number of aromatic nitrogens is 2. The lowest BCUT2D eigenvalue weighted by Gasteiger charge is -2.12. The van der Waals surface area contributed by atoms with Crippen molar-refractivity contribution in [2.75, 3.05) is 17.3 Å². The fraction of sp³-hybridized carbons (Fsp3) is 0.286. The maximum Gasteiger partial charge on any atom is 0.330 e. The Kier molecular flexibility index (Phi) is 5.24. The van der Waals surface area contributed by atoms with Crippen molar-refractivity contribution in [2.45, 2.75) is 12.5 Å². The Morgan fingerprint density at radius 3 is 2.71 bits per heavy atom. The highest BCUT2D eigenvalue weighted by molar-refractivity contribution is 7.98. The molecule has 1 aromatic heterocycles. The van der Waals surface area contributed by atoms with E-state index in [1.54, 1.807) is 48.4 Å². The molecule has 0 aliphatic heterocycles. The third-order valence-corrected chi connectivity index (χ3v) is 3.68. The highest BCUT2D eigenvalue weighted by Crippen LogP contribution is 2.12. The quantitative estimate of drug-likeness (QED) is 0.747. The number of hydrogen-bond acceptors (Lipinski definition) is 4. The molecule has 1 atom stereocenters. The molecular weight excluding hydrogens is 288 g/mol. The van der Waals surface area contributed by atoms with Crippen LogP contribution >= 0.6 is 11.8 Å². The number of carbonyl (C=O) groups is 1. The van der Waals surface area contributed by atoms with Gasteiger partial charge in [0.1, 0.15) is 0 Å². The number of aromatic amines is 1. The van der Waals surface area contributed by atoms with Gasteiger partial charge in [-0.05, 0) is 42.7 Å². The Balaban J connectivity index is 2.01. The topological polar surface area (TPSA) is 92.9 Å². The molecule has 6 nitrogen and oxygen atoms in total. The molecule has 7 heteroatoms. The molecule has 1 heterocycles. The summed E-state index contributed by atoms with van der Waals surface area (Å²) in [4.78, 5) is 25.9. The highest BCUT2D eigenvalue weighted by Gasteiger charge is 2.12. The van der Waals surface area contributed by atoms with Gasteiger partial charge in [0.05, 0.1) is 11.7 Å². The molecule has 0 radical (unpaired) electrons. The Bertz CT molecular complexity index is 647. The van der Waals surface area contributed by atoms with E-state index in [2.05, 4.69) is 10.3 Å². The number of amides is 1. The molecule has 1 aromatic carbocycles. The molecule has 0 aliphatic carbocycles. The molecule has 0 unspecified atom stereocenters. The average Bonchev–Trinajstić information content (AvgIpc) is 2.91. The Labute approximate surface area is 126 Å². The van der Waals surface area contributed by atoms with Crippen LogP contribution in [0, 0.1) is 0 Å². The maximum absolute atomic E-state index is 11.9. The first-order chi connectivity index (χ1) is 10.1. The second-order valence-electron chi connectivity index (χ2n) is 4.56. The first-order valence-electron chi connectivity index (χ1n) is 6.53. The standard InChI is InChI=1S/C14H18N4O2S/c1-21-9-6-12(15)13(19)17-10-2-4-11(5-3-10)18-8-7-16-14(18)20/h2-5,7-8,12H,6,9,15H2,1H3,(H,16,20)(H,17,19)/t12-/m0/s1. The first kappa shape index (κ1) is 15.4. The lowest BCUT2D eigenvalue weighted by Crippen LogP contribution is -2.36. The number of imidazole rings is 1. The van der Waals surface area contributed by atoms with Crippen LogP contribution in [0.2, 0.25) is 0 Å². The van der Waals surface area contributed by atoms with Crippen LogP contribution in [0.5, 0.6) is 0 Å². The third-order valence-electron chi connectivity index (χ3n) is 3.03. The zero-order valence-electron chi connectivity index (χ0n) is 11.7. The van der Waals surface area contributed by atoms with Gasteiger partial charge in [-0.15, -0.1) is 0 Å². The van der Waals surface area contributed by atoms with Crippen molar-refractivity contribution in [2.24, 2.45) is 5.73 Å². The van der Waals surface area contributed by atoms with Crippen LogP contribution in [0.3, 0.4) is 0 Å². The van der Waals surface area contributed by atoms with Crippen LogP contribution in [0.4, 0.5) is 5.69 Å². The lowest BCUT2D eigenvalue weighted by atomic mass is 10.2. The summed E-state index contributed by atoms with van der Waals surface area (Å²) in [5.41, 5.74) is 6.99. The molecule has 4 N–H and O–H groups in total. The van der Waals surface area contributed by atoms with E-state index >= 15 is 0 Å². The average molecular weight is 306 g/mol. The van der Waals surface area contributed by atoms with Gasteiger partial charge in [0.2, 0.25) is 5.91 Å². The molecule has 2 aromatic rings. The summed E-state index contributed by atoms with van der Waals surface area (Å²) < 4.78 is 1.48. The lowest BCUT2D eigenvalue weighted by molar-refractivity contribution is -0.117. The number of nitrogens with two attached hydrogens (primary N) is 1. The summed E-state index contributed by atoms with van der Waals surface area (Å²) >= 11 is 1.66. The molecule has 1 amide bonds. The van der Waals surface area contributed by atoms with Crippen molar-refractivity contribution < 1.29 is 4.79 Å². The van der Waals surface area contributed by atoms with E-state index in [1.165, 1.54) is 4.57 Å². The molecule has 112 valence electrons. The summed E-state index contributed by atoms with van der Waals surface area (Å²) in [5.74, 6) is 0.653. The predicted molar refractivity (Wildman–Crippen MR) is 86.0 cm³/mol. The van der Waals surface area contributed by atoms with Crippen LogP contribution in [0.1, 0.15) is 6.42 Å². The van der Waals surface area contributed by atoms with Gasteiger partial charge in [-0.3, -0.25) is 9.36 Å². The highest BCUT2D eigenvalue weighted by atomic mass is 32.2. The molecule has 0 saturated carbocycles. The van der Waals surface area contributed by atoms with E-state index in [-0.39, 0.29) is 11.6 Å². The van der Waals surface area contributed by atoms with Crippen molar-refractivity contribution in [3.63, 3.8) is 0 Å². The number of nitrogens with one attached hydrogen (secondary N) is 2. The monoisotopic (exact) mass is 306 g/mol. The number of anilines is 1. The van der Waals surface area contributed by atoms with Crippen molar-refractivity contribution in [1.82, 2.24) is 9.55 Å². The Morgan fingerprint density at radius 2 is 2.14 bits per heavy atom. The molecule has 2 rings (SSSR count). The smallest absolute Gasteiger partial charge is 0.325 e. The maximum atomic E-state index is 11.9. The third kappa shape index (κ3) is 3.99. The zero-order valence-corrected chi connectivity index (χ0v) is 12.5. The first-order valence-corrected chi connectivity index (χ1v) is 7.93. The number of carbonyl (C=O) groups excluding carboxylic acids is 1. The molecular formula is C14H18N4O2S. The minimum atomic E-state index is -0.510. The number of hydrogen-bond donors (Lipinski definition) is 3. The van der Waals surface area contributed by atoms with Crippen LogP contribution in [0.25, 0.3) is 5.69 Å². The molecule has 0 aliphatic rings. The Morgan fingerprint density at radius 1 is 1.43 bits per heavy atom. The Hall–Kier alpha value is -1.99. The molecule has 0 saturated heterocycles. The van der Waals surface area contributed by atoms with E-state index in [9.17, 15) is 9.59 Å². The molecule has 0 spiro atoms. The summed E-state index contributed by atoms with van der Waals surface area (Å²) in [6.07, 6.45) is 5.84. The number of nitrogens with zero attached hydrogens (tertiary/aromatic N) is 1. The zero-order chi connectivity index (χ0) is 15.2. The fourth-order valence-electron chi connectivity index (χ4n) is 1.84. The van der Waals surface area contributed by atoms with Gasteiger partial charge in [0.15, 0.2) is 0 Å². The van der Waals surface area contributed by atoms with E-state index in [4.69, 9.17) is 5.73 Å². The van der Waals surface area contributed by atoms with Gasteiger partial charge in [-0.25, -0.2) is 4.79 Å². The summed E-state index contributed by atoms with van der Waals surface area (Å²) in [6.45, 7) is 0. The van der Waals surface area contributed by atoms with Crippen molar-refractivity contribution in [3.05, 3.63) is 47.1 Å². The number of thioether (sulfide) groups is 1. The van der Waals surface area contributed by atoms with E-state index in [0.29, 0.717) is 12.1 Å². The van der Waals surface area contributed by atoms with E-state index < -0.39 is 6.04 Å². The minimum absolute atomic E-state index is 0.199.